The highest BCUT2D eigenvalue weighted by molar-refractivity contribution is 6.05. The van der Waals surface area contributed by atoms with E-state index in [1.165, 1.54) is 0 Å². The van der Waals surface area contributed by atoms with Crippen LogP contribution < -0.4 is 11.1 Å². The zero-order chi connectivity index (χ0) is 15.2. The van der Waals surface area contributed by atoms with Gasteiger partial charge in [-0.05, 0) is 43.2 Å². The van der Waals surface area contributed by atoms with Gasteiger partial charge in [-0.15, -0.1) is 0 Å². The third-order valence-corrected chi connectivity index (χ3v) is 3.19. The van der Waals surface area contributed by atoms with Crippen molar-refractivity contribution < 1.29 is 9.59 Å². The second-order valence-corrected chi connectivity index (χ2v) is 4.94. The molecule has 0 unspecified atom stereocenters. The van der Waals surface area contributed by atoms with Crippen LogP contribution in [0.15, 0.2) is 48.5 Å². The number of rotatable bonds is 5. The largest absolute Gasteiger partial charge is 0.397 e. The third-order valence-electron chi connectivity index (χ3n) is 3.19. The molecule has 0 radical (unpaired) electrons. The second kappa shape index (κ2) is 6.70. The Morgan fingerprint density at radius 3 is 2.33 bits per heavy atom. The maximum atomic E-state index is 12.1. The number of ketones is 1. The predicted molar refractivity (Wildman–Crippen MR) is 84.3 cm³/mol. The van der Waals surface area contributed by atoms with Crippen molar-refractivity contribution in [3.05, 3.63) is 59.7 Å². The van der Waals surface area contributed by atoms with E-state index in [2.05, 4.69) is 5.32 Å². The summed E-state index contributed by atoms with van der Waals surface area (Å²) in [5, 5.41) is 2.78. The molecule has 0 bridgehead atoms. The van der Waals surface area contributed by atoms with Crippen molar-refractivity contribution in [2.75, 3.05) is 11.1 Å². The number of hydrogen-bond donors (Lipinski definition) is 2. The molecule has 0 aliphatic rings. The zero-order valence-electron chi connectivity index (χ0n) is 11.9. The zero-order valence-corrected chi connectivity index (χ0v) is 11.9. The molecule has 0 spiro atoms. The Morgan fingerprint density at radius 1 is 1.05 bits per heavy atom. The first-order valence-corrected chi connectivity index (χ1v) is 6.80. The van der Waals surface area contributed by atoms with Crippen LogP contribution in [0.4, 0.5) is 11.4 Å². The Balaban J connectivity index is 2.03. The minimum Gasteiger partial charge on any atom is -0.397 e. The minimum atomic E-state index is -0.203. The quantitative estimate of drug-likeness (QED) is 0.828. The minimum absolute atomic E-state index is 0.163. The Kier molecular flexibility index (Phi) is 4.72. The molecule has 4 heteroatoms. The number of carbonyl (C=O) groups is 2. The summed E-state index contributed by atoms with van der Waals surface area (Å²) in [5.74, 6) is -0.0395. The summed E-state index contributed by atoms with van der Waals surface area (Å²) in [6.07, 6.45) is 1.22. The van der Waals surface area contributed by atoms with E-state index in [9.17, 15) is 9.59 Å². The molecule has 4 nitrogen and oxygen atoms in total. The highest BCUT2D eigenvalue weighted by Gasteiger charge is 2.07. The number of nitrogens with two attached hydrogens (primary N) is 1. The molecular formula is C17H18N2O2. The summed E-state index contributed by atoms with van der Waals surface area (Å²) in [6, 6.07) is 14.4. The number of benzene rings is 2. The third kappa shape index (κ3) is 4.18. The van der Waals surface area contributed by atoms with Crippen molar-refractivity contribution in [3.8, 4) is 0 Å². The number of para-hydroxylation sites is 2. The topological polar surface area (TPSA) is 72.2 Å². The first kappa shape index (κ1) is 14.8. The lowest BCUT2D eigenvalue weighted by Gasteiger charge is -2.08. The SMILES string of the molecule is CC(=O)CCc1ccc(C(=O)Nc2ccccc2N)cc1. The Labute approximate surface area is 124 Å². The number of Topliss-reactive ketones (excluding diaryl/α,β-unsaturated/α-hetero) is 1. The van der Waals surface area contributed by atoms with Crippen molar-refractivity contribution in [2.45, 2.75) is 19.8 Å². The Hall–Kier alpha value is -2.62. The number of nitrogen functional groups attached to an aromatic ring is 1. The number of amides is 1. The van der Waals surface area contributed by atoms with E-state index in [1.807, 2.05) is 24.3 Å². The summed E-state index contributed by atoms with van der Waals surface area (Å²) in [6.45, 7) is 1.58. The van der Waals surface area contributed by atoms with Gasteiger partial charge in [-0.2, -0.15) is 0 Å². The van der Waals surface area contributed by atoms with Gasteiger partial charge in [0.25, 0.3) is 5.91 Å². The molecule has 3 N–H and O–H groups in total. The van der Waals surface area contributed by atoms with Gasteiger partial charge >= 0.3 is 0 Å². The first-order valence-electron chi connectivity index (χ1n) is 6.80. The lowest BCUT2D eigenvalue weighted by molar-refractivity contribution is -0.116. The Bertz CT molecular complexity index is 648. The second-order valence-electron chi connectivity index (χ2n) is 4.94. The molecule has 0 saturated carbocycles. The molecule has 108 valence electrons. The monoisotopic (exact) mass is 282 g/mol. The van der Waals surface area contributed by atoms with Gasteiger partial charge in [0.05, 0.1) is 11.4 Å². The lowest BCUT2D eigenvalue weighted by atomic mass is 10.1. The fourth-order valence-electron chi connectivity index (χ4n) is 1.95. The van der Waals surface area contributed by atoms with Crippen molar-refractivity contribution in [2.24, 2.45) is 0 Å². The maximum Gasteiger partial charge on any atom is 0.255 e. The van der Waals surface area contributed by atoms with Crippen LogP contribution in [0.1, 0.15) is 29.3 Å². The fraction of sp³-hybridized carbons (Fsp3) is 0.176. The summed E-state index contributed by atoms with van der Waals surface area (Å²) < 4.78 is 0. The average molecular weight is 282 g/mol. The lowest BCUT2D eigenvalue weighted by Crippen LogP contribution is -2.13. The molecule has 0 heterocycles. The molecule has 2 aromatic rings. The molecule has 2 rings (SSSR count). The molecule has 0 aromatic heterocycles. The molecule has 2 aromatic carbocycles. The van der Waals surface area contributed by atoms with Crippen LogP contribution in [0.3, 0.4) is 0 Å². The van der Waals surface area contributed by atoms with Crippen LogP contribution in [0.25, 0.3) is 0 Å². The summed E-state index contributed by atoms with van der Waals surface area (Å²) in [7, 11) is 0. The van der Waals surface area contributed by atoms with Crippen molar-refractivity contribution in [3.63, 3.8) is 0 Å². The molecule has 0 aliphatic carbocycles. The van der Waals surface area contributed by atoms with Gasteiger partial charge in [-0.3, -0.25) is 4.79 Å². The van der Waals surface area contributed by atoms with Gasteiger partial charge in [0.1, 0.15) is 5.78 Å². The van der Waals surface area contributed by atoms with Gasteiger partial charge in [-0.1, -0.05) is 24.3 Å². The summed E-state index contributed by atoms with van der Waals surface area (Å²) >= 11 is 0. The van der Waals surface area contributed by atoms with Gasteiger partial charge in [0.15, 0.2) is 0 Å². The number of hydrogen-bond acceptors (Lipinski definition) is 3. The average Bonchev–Trinajstić information content (AvgIpc) is 2.48. The number of nitrogens with one attached hydrogen (secondary N) is 1. The highest BCUT2D eigenvalue weighted by atomic mass is 16.1. The van der Waals surface area contributed by atoms with Crippen LogP contribution in [-0.4, -0.2) is 11.7 Å². The van der Waals surface area contributed by atoms with E-state index in [4.69, 9.17) is 5.73 Å². The predicted octanol–water partition coefficient (Wildman–Crippen LogP) is 3.04. The van der Waals surface area contributed by atoms with E-state index >= 15 is 0 Å². The van der Waals surface area contributed by atoms with Crippen LogP contribution >= 0.6 is 0 Å². The molecule has 21 heavy (non-hydrogen) atoms. The van der Waals surface area contributed by atoms with E-state index in [0.29, 0.717) is 29.8 Å². The fourth-order valence-corrected chi connectivity index (χ4v) is 1.95. The van der Waals surface area contributed by atoms with Gasteiger partial charge in [0.2, 0.25) is 0 Å². The van der Waals surface area contributed by atoms with Crippen LogP contribution in [0.5, 0.6) is 0 Å². The molecule has 0 atom stereocenters. The molecule has 0 aliphatic heterocycles. The molecule has 1 amide bonds. The summed E-state index contributed by atoms with van der Waals surface area (Å²) in [5.41, 5.74) is 8.53. The molecule has 0 fully saturated rings. The highest BCUT2D eigenvalue weighted by Crippen LogP contribution is 2.18. The Morgan fingerprint density at radius 2 is 1.71 bits per heavy atom. The van der Waals surface area contributed by atoms with E-state index < -0.39 is 0 Å². The van der Waals surface area contributed by atoms with Crippen molar-refractivity contribution in [1.82, 2.24) is 0 Å². The van der Waals surface area contributed by atoms with Crippen LogP contribution in [-0.2, 0) is 11.2 Å². The summed E-state index contributed by atoms with van der Waals surface area (Å²) in [4.78, 5) is 23.1. The van der Waals surface area contributed by atoms with Crippen molar-refractivity contribution >= 4 is 23.1 Å². The number of aryl methyl sites for hydroxylation is 1. The maximum absolute atomic E-state index is 12.1. The number of anilines is 2. The van der Waals surface area contributed by atoms with Crippen molar-refractivity contribution in [1.29, 1.82) is 0 Å². The van der Waals surface area contributed by atoms with Crippen LogP contribution in [0, 0.1) is 0 Å². The molecular weight excluding hydrogens is 264 g/mol. The standard InChI is InChI=1S/C17H18N2O2/c1-12(20)6-7-13-8-10-14(11-9-13)17(21)19-16-5-3-2-4-15(16)18/h2-5,8-11H,6-7,18H2,1H3,(H,19,21). The normalized spacial score (nSPS) is 10.1. The first-order chi connectivity index (χ1) is 10.1. The number of carbonyl (C=O) groups excluding carboxylic acids is 2. The van der Waals surface area contributed by atoms with Gasteiger partial charge in [-0.25, -0.2) is 0 Å². The van der Waals surface area contributed by atoms with E-state index in [1.54, 1.807) is 31.2 Å². The van der Waals surface area contributed by atoms with Gasteiger partial charge in [0, 0.05) is 12.0 Å². The molecule has 0 saturated heterocycles. The van der Waals surface area contributed by atoms with E-state index in [0.717, 1.165) is 5.56 Å². The van der Waals surface area contributed by atoms with E-state index in [-0.39, 0.29) is 11.7 Å². The van der Waals surface area contributed by atoms with Gasteiger partial charge < -0.3 is 15.8 Å². The van der Waals surface area contributed by atoms with Crippen LogP contribution in [0.2, 0.25) is 0 Å². The smallest absolute Gasteiger partial charge is 0.255 e.